The Kier molecular flexibility index (Phi) is 6.26. The summed E-state index contributed by atoms with van der Waals surface area (Å²) in [7, 11) is 0. The van der Waals surface area contributed by atoms with E-state index in [0.29, 0.717) is 17.3 Å². The van der Waals surface area contributed by atoms with E-state index in [1.165, 1.54) is 6.20 Å². The van der Waals surface area contributed by atoms with Gasteiger partial charge in [0.2, 0.25) is 0 Å². The van der Waals surface area contributed by atoms with Gasteiger partial charge in [0.15, 0.2) is 0 Å². The van der Waals surface area contributed by atoms with Gasteiger partial charge in [-0.25, -0.2) is 4.98 Å². The molecule has 0 bridgehead atoms. The molecule has 1 rings (SSSR count). The molecule has 1 aromatic rings. The van der Waals surface area contributed by atoms with Crippen LogP contribution in [0, 0.1) is 0 Å². The van der Waals surface area contributed by atoms with Crippen LogP contribution in [0.15, 0.2) is 18.3 Å². The largest absolute Gasteiger partial charge is 0.352 e. The zero-order valence-electron chi connectivity index (χ0n) is 9.20. The van der Waals surface area contributed by atoms with Crippen molar-refractivity contribution in [2.75, 3.05) is 18.6 Å². The third-order valence-electron chi connectivity index (χ3n) is 2.05. The number of pyridine rings is 1. The lowest BCUT2D eigenvalue weighted by molar-refractivity contribution is 0.0953. The summed E-state index contributed by atoms with van der Waals surface area (Å²) >= 11 is 7.45. The van der Waals surface area contributed by atoms with Gasteiger partial charge in [0, 0.05) is 12.7 Å². The van der Waals surface area contributed by atoms with Crippen molar-refractivity contribution < 1.29 is 4.79 Å². The molecule has 1 N–H and O–H groups in total. The highest BCUT2D eigenvalue weighted by Gasteiger charge is 2.04. The predicted octanol–water partition coefficient (Wildman–Crippen LogP) is 2.61. The Morgan fingerprint density at radius 2 is 2.31 bits per heavy atom. The Hall–Kier alpha value is -0.740. The molecule has 0 aliphatic heterocycles. The SMILES string of the molecule is CSCCCCNC(=O)c1ccc(Cl)nc1. The van der Waals surface area contributed by atoms with Gasteiger partial charge in [-0.15, -0.1) is 0 Å². The molecular formula is C11H15ClN2OS. The molecule has 0 radical (unpaired) electrons. The number of hydrogen-bond donors (Lipinski definition) is 1. The monoisotopic (exact) mass is 258 g/mol. The number of aromatic nitrogens is 1. The third-order valence-corrected chi connectivity index (χ3v) is 2.97. The number of amides is 1. The zero-order valence-corrected chi connectivity index (χ0v) is 10.8. The van der Waals surface area contributed by atoms with Crippen LogP contribution >= 0.6 is 23.4 Å². The van der Waals surface area contributed by atoms with Gasteiger partial charge in [0.25, 0.3) is 5.91 Å². The quantitative estimate of drug-likeness (QED) is 0.630. The number of rotatable bonds is 6. The van der Waals surface area contributed by atoms with Crippen molar-refractivity contribution in [3.63, 3.8) is 0 Å². The molecule has 88 valence electrons. The van der Waals surface area contributed by atoms with Crippen molar-refractivity contribution in [3.05, 3.63) is 29.0 Å². The summed E-state index contributed by atoms with van der Waals surface area (Å²) in [6.45, 7) is 0.710. The van der Waals surface area contributed by atoms with Crippen LogP contribution in [0.3, 0.4) is 0 Å². The minimum Gasteiger partial charge on any atom is -0.352 e. The molecule has 0 spiro atoms. The van der Waals surface area contributed by atoms with Crippen LogP contribution in [-0.4, -0.2) is 29.4 Å². The maximum atomic E-state index is 11.6. The van der Waals surface area contributed by atoms with Crippen molar-refractivity contribution in [2.45, 2.75) is 12.8 Å². The molecule has 0 fully saturated rings. The normalized spacial score (nSPS) is 10.1. The number of unbranched alkanes of at least 4 members (excludes halogenated alkanes) is 1. The van der Waals surface area contributed by atoms with E-state index in [-0.39, 0.29) is 5.91 Å². The molecule has 3 nitrogen and oxygen atoms in total. The highest BCUT2D eigenvalue weighted by molar-refractivity contribution is 7.98. The van der Waals surface area contributed by atoms with Crippen LogP contribution in [0.5, 0.6) is 0 Å². The van der Waals surface area contributed by atoms with Crippen molar-refractivity contribution in [2.24, 2.45) is 0 Å². The van der Waals surface area contributed by atoms with Crippen LogP contribution in [0.2, 0.25) is 5.15 Å². The van der Waals surface area contributed by atoms with Crippen LogP contribution in [0.1, 0.15) is 23.2 Å². The van der Waals surface area contributed by atoms with E-state index >= 15 is 0 Å². The Balaban J connectivity index is 2.27. The van der Waals surface area contributed by atoms with Gasteiger partial charge in [0.05, 0.1) is 5.56 Å². The van der Waals surface area contributed by atoms with Gasteiger partial charge in [-0.3, -0.25) is 4.79 Å². The zero-order chi connectivity index (χ0) is 11.8. The minimum atomic E-state index is -0.0895. The fraction of sp³-hybridized carbons (Fsp3) is 0.455. The topological polar surface area (TPSA) is 42.0 Å². The second-order valence-electron chi connectivity index (χ2n) is 3.33. The van der Waals surface area contributed by atoms with Crippen LogP contribution in [-0.2, 0) is 0 Å². The van der Waals surface area contributed by atoms with Gasteiger partial charge < -0.3 is 5.32 Å². The summed E-state index contributed by atoms with van der Waals surface area (Å²) in [6, 6.07) is 3.29. The van der Waals surface area contributed by atoms with Gasteiger partial charge in [-0.2, -0.15) is 11.8 Å². The number of carbonyl (C=O) groups is 1. The van der Waals surface area contributed by atoms with E-state index in [1.807, 2.05) is 11.8 Å². The summed E-state index contributed by atoms with van der Waals surface area (Å²) in [4.78, 5) is 15.4. The van der Waals surface area contributed by atoms with E-state index in [1.54, 1.807) is 12.1 Å². The molecule has 1 heterocycles. The Morgan fingerprint density at radius 1 is 1.50 bits per heavy atom. The number of thioether (sulfide) groups is 1. The number of nitrogens with zero attached hydrogens (tertiary/aromatic N) is 1. The molecule has 0 atom stereocenters. The predicted molar refractivity (Wildman–Crippen MR) is 69.2 cm³/mol. The molecule has 0 saturated heterocycles. The van der Waals surface area contributed by atoms with Gasteiger partial charge in [0.1, 0.15) is 5.15 Å². The third kappa shape index (κ3) is 4.86. The summed E-state index contributed by atoms with van der Waals surface area (Å²) in [5.41, 5.74) is 0.550. The molecule has 0 saturated carbocycles. The van der Waals surface area contributed by atoms with E-state index in [4.69, 9.17) is 11.6 Å². The standard InChI is InChI=1S/C11H15ClN2OS/c1-16-7-3-2-6-13-11(15)9-4-5-10(12)14-8-9/h4-5,8H,2-3,6-7H2,1H3,(H,13,15). The lowest BCUT2D eigenvalue weighted by Gasteiger charge is -2.04. The summed E-state index contributed by atoms with van der Waals surface area (Å²) < 4.78 is 0. The fourth-order valence-electron chi connectivity index (χ4n) is 1.19. The smallest absolute Gasteiger partial charge is 0.252 e. The highest BCUT2D eigenvalue weighted by atomic mass is 35.5. The molecule has 0 aliphatic rings. The average molecular weight is 259 g/mol. The Bertz CT molecular complexity index is 329. The Morgan fingerprint density at radius 3 is 2.94 bits per heavy atom. The number of carbonyl (C=O) groups excluding carboxylic acids is 1. The first-order valence-corrected chi connectivity index (χ1v) is 6.90. The average Bonchev–Trinajstić information content (AvgIpc) is 2.29. The maximum Gasteiger partial charge on any atom is 0.252 e. The lowest BCUT2D eigenvalue weighted by Crippen LogP contribution is -2.24. The molecule has 1 aromatic heterocycles. The second kappa shape index (κ2) is 7.52. The van der Waals surface area contributed by atoms with Crippen molar-refractivity contribution in [1.29, 1.82) is 0 Å². The van der Waals surface area contributed by atoms with Crippen LogP contribution in [0.25, 0.3) is 0 Å². The number of hydrogen-bond acceptors (Lipinski definition) is 3. The van der Waals surface area contributed by atoms with Crippen molar-refractivity contribution in [1.82, 2.24) is 10.3 Å². The van der Waals surface area contributed by atoms with E-state index in [0.717, 1.165) is 18.6 Å². The first kappa shape index (κ1) is 13.3. The van der Waals surface area contributed by atoms with Gasteiger partial charge in [-0.05, 0) is 37.0 Å². The van der Waals surface area contributed by atoms with Crippen molar-refractivity contribution >= 4 is 29.3 Å². The molecule has 5 heteroatoms. The molecule has 16 heavy (non-hydrogen) atoms. The number of nitrogens with one attached hydrogen (secondary N) is 1. The molecule has 0 unspecified atom stereocenters. The summed E-state index contributed by atoms with van der Waals surface area (Å²) in [5, 5.41) is 3.25. The van der Waals surface area contributed by atoms with E-state index in [9.17, 15) is 4.79 Å². The van der Waals surface area contributed by atoms with Gasteiger partial charge >= 0.3 is 0 Å². The molecule has 0 aliphatic carbocycles. The molecule has 0 aromatic carbocycles. The van der Waals surface area contributed by atoms with E-state index < -0.39 is 0 Å². The summed E-state index contributed by atoms with van der Waals surface area (Å²) in [5.74, 6) is 1.05. The van der Waals surface area contributed by atoms with Crippen LogP contribution < -0.4 is 5.32 Å². The van der Waals surface area contributed by atoms with Gasteiger partial charge in [-0.1, -0.05) is 11.6 Å². The van der Waals surface area contributed by atoms with Crippen molar-refractivity contribution in [3.8, 4) is 0 Å². The minimum absolute atomic E-state index is 0.0895. The Labute approximate surface area is 105 Å². The summed E-state index contributed by atoms with van der Waals surface area (Å²) in [6.07, 6.45) is 5.70. The molecule has 1 amide bonds. The fourth-order valence-corrected chi connectivity index (χ4v) is 1.79. The van der Waals surface area contributed by atoms with E-state index in [2.05, 4.69) is 16.6 Å². The second-order valence-corrected chi connectivity index (χ2v) is 4.70. The first-order chi connectivity index (χ1) is 7.74. The van der Waals surface area contributed by atoms with Crippen LogP contribution in [0.4, 0.5) is 0 Å². The maximum absolute atomic E-state index is 11.6. The number of halogens is 1. The first-order valence-electron chi connectivity index (χ1n) is 5.12. The lowest BCUT2D eigenvalue weighted by atomic mass is 10.2. The highest BCUT2D eigenvalue weighted by Crippen LogP contribution is 2.05. The molecular weight excluding hydrogens is 244 g/mol.